The van der Waals surface area contributed by atoms with Crippen LogP contribution >= 0.6 is 11.3 Å². The molecule has 0 N–H and O–H groups in total. The minimum Gasteiger partial charge on any atom is -0.493 e. The highest BCUT2D eigenvalue weighted by atomic mass is 32.1. The van der Waals surface area contributed by atoms with Crippen molar-refractivity contribution < 1.29 is 19.0 Å². The Morgan fingerprint density at radius 2 is 1.97 bits per heavy atom. The largest absolute Gasteiger partial charge is 0.493 e. The molecule has 3 aromatic rings. The molecule has 0 saturated heterocycles. The van der Waals surface area contributed by atoms with Crippen molar-refractivity contribution in [2.24, 2.45) is 5.92 Å². The van der Waals surface area contributed by atoms with Gasteiger partial charge in [0.15, 0.2) is 0 Å². The van der Waals surface area contributed by atoms with Crippen LogP contribution in [-0.2, 0) is 16.1 Å². The summed E-state index contributed by atoms with van der Waals surface area (Å²) in [4.78, 5) is 17.6. The zero-order valence-corrected chi connectivity index (χ0v) is 19.1. The summed E-state index contributed by atoms with van der Waals surface area (Å²) in [5, 5.41) is 1.00. The van der Waals surface area contributed by atoms with E-state index in [1.54, 1.807) is 11.3 Å². The summed E-state index contributed by atoms with van der Waals surface area (Å²) in [6, 6.07) is 14.3. The molecule has 0 bridgehead atoms. The van der Waals surface area contributed by atoms with E-state index in [2.05, 4.69) is 38.1 Å². The van der Waals surface area contributed by atoms with Crippen molar-refractivity contribution in [3.05, 3.63) is 64.2 Å². The van der Waals surface area contributed by atoms with Gasteiger partial charge in [-0.3, -0.25) is 4.79 Å². The van der Waals surface area contributed by atoms with Crippen LogP contribution in [0.15, 0.2) is 42.5 Å². The van der Waals surface area contributed by atoms with E-state index in [0.29, 0.717) is 19.6 Å². The maximum atomic E-state index is 11.8. The molecule has 1 aliphatic heterocycles. The van der Waals surface area contributed by atoms with Gasteiger partial charge in [-0.2, -0.15) is 0 Å². The van der Waals surface area contributed by atoms with Crippen LogP contribution in [0.2, 0.25) is 0 Å². The summed E-state index contributed by atoms with van der Waals surface area (Å²) in [6.07, 6.45) is 0.357. The number of thiazole rings is 1. The van der Waals surface area contributed by atoms with Gasteiger partial charge in [-0.05, 0) is 31.4 Å². The fraction of sp³-hybridized carbons (Fsp3) is 0.360. The number of aryl methyl sites for hydroxylation is 2. The number of esters is 1. The van der Waals surface area contributed by atoms with Crippen LogP contribution < -0.4 is 9.47 Å². The van der Waals surface area contributed by atoms with Gasteiger partial charge in [0.05, 0.1) is 30.7 Å². The second-order valence-corrected chi connectivity index (χ2v) is 9.14. The molecule has 0 amide bonds. The Kier molecular flexibility index (Phi) is 6.28. The fourth-order valence-corrected chi connectivity index (χ4v) is 4.77. The molecular weight excluding hydrogens is 410 g/mol. The fourth-order valence-electron chi connectivity index (χ4n) is 3.78. The molecule has 162 valence electrons. The number of carbonyl (C=O) groups is 1. The lowest BCUT2D eigenvalue weighted by Crippen LogP contribution is -2.26. The lowest BCUT2D eigenvalue weighted by Gasteiger charge is -2.31. The van der Waals surface area contributed by atoms with E-state index in [-0.39, 0.29) is 17.8 Å². The normalized spacial score (nSPS) is 17.5. The predicted octanol–water partition coefficient (Wildman–Crippen LogP) is 5.68. The van der Waals surface area contributed by atoms with E-state index in [9.17, 15) is 4.79 Å². The molecule has 1 unspecified atom stereocenters. The molecule has 5 nitrogen and oxygen atoms in total. The van der Waals surface area contributed by atoms with Crippen LogP contribution in [0, 0.1) is 19.8 Å². The van der Waals surface area contributed by atoms with Gasteiger partial charge in [-0.25, -0.2) is 4.98 Å². The monoisotopic (exact) mass is 437 g/mol. The molecule has 2 aromatic carbocycles. The van der Waals surface area contributed by atoms with Gasteiger partial charge in [0.1, 0.15) is 23.1 Å². The maximum absolute atomic E-state index is 11.8. The van der Waals surface area contributed by atoms with Crippen LogP contribution in [0.25, 0.3) is 10.6 Å². The number of hydrogen-bond acceptors (Lipinski definition) is 6. The van der Waals surface area contributed by atoms with E-state index < -0.39 is 0 Å². The molecule has 0 saturated carbocycles. The molecule has 1 aliphatic rings. The van der Waals surface area contributed by atoms with Gasteiger partial charge in [-0.15, -0.1) is 11.3 Å². The molecule has 1 aromatic heterocycles. The second-order valence-electron chi connectivity index (χ2n) is 8.06. The lowest BCUT2D eigenvalue weighted by molar-refractivity contribution is -0.141. The Hall–Kier alpha value is -2.86. The van der Waals surface area contributed by atoms with Gasteiger partial charge < -0.3 is 14.2 Å². The van der Waals surface area contributed by atoms with Crippen LogP contribution in [0.1, 0.15) is 41.0 Å². The number of hydrogen-bond donors (Lipinski definition) is 0. The number of ether oxygens (including phenoxy) is 3. The number of fused-ring (bicyclic) bond motifs is 1. The van der Waals surface area contributed by atoms with Crippen LogP contribution in [0.4, 0.5) is 0 Å². The first kappa shape index (κ1) is 21.4. The van der Waals surface area contributed by atoms with Crippen molar-refractivity contribution >= 4 is 17.3 Å². The highest BCUT2D eigenvalue weighted by Gasteiger charge is 2.30. The topological polar surface area (TPSA) is 57.7 Å². The highest BCUT2D eigenvalue weighted by Crippen LogP contribution is 2.41. The zero-order valence-electron chi connectivity index (χ0n) is 18.3. The zero-order chi connectivity index (χ0) is 22.0. The highest BCUT2D eigenvalue weighted by molar-refractivity contribution is 7.15. The predicted molar refractivity (Wildman–Crippen MR) is 122 cm³/mol. The van der Waals surface area contributed by atoms with Crippen LogP contribution in [0.5, 0.6) is 11.5 Å². The summed E-state index contributed by atoms with van der Waals surface area (Å²) in [7, 11) is 1.43. The first-order valence-corrected chi connectivity index (χ1v) is 11.3. The smallest absolute Gasteiger partial charge is 0.306 e. The third kappa shape index (κ3) is 4.74. The Balaban J connectivity index is 1.47. The van der Waals surface area contributed by atoms with E-state index in [1.165, 1.54) is 12.7 Å². The van der Waals surface area contributed by atoms with Crippen molar-refractivity contribution in [1.29, 1.82) is 0 Å². The number of methoxy groups -OCH3 is 1. The summed E-state index contributed by atoms with van der Waals surface area (Å²) >= 11 is 1.66. The van der Waals surface area contributed by atoms with Gasteiger partial charge in [0.25, 0.3) is 0 Å². The van der Waals surface area contributed by atoms with Crippen molar-refractivity contribution in [2.45, 2.75) is 39.7 Å². The van der Waals surface area contributed by atoms with Crippen LogP contribution in [-0.4, -0.2) is 24.7 Å². The van der Waals surface area contributed by atoms with E-state index in [4.69, 9.17) is 19.2 Å². The second kappa shape index (κ2) is 9.10. The third-order valence-corrected chi connectivity index (χ3v) is 6.93. The summed E-state index contributed by atoms with van der Waals surface area (Å²) in [5.74, 6) is 1.67. The number of carbonyl (C=O) groups excluding carboxylic acids is 1. The molecule has 0 spiro atoms. The van der Waals surface area contributed by atoms with Gasteiger partial charge >= 0.3 is 5.97 Å². The average molecular weight is 438 g/mol. The minimum atomic E-state index is -0.199. The Labute approximate surface area is 187 Å². The molecule has 6 heteroatoms. The van der Waals surface area contributed by atoms with Crippen molar-refractivity contribution in [3.8, 4) is 22.1 Å². The first-order valence-electron chi connectivity index (χ1n) is 10.4. The molecular formula is C25H27NO4S. The lowest BCUT2D eigenvalue weighted by atomic mass is 9.83. The number of rotatable bonds is 6. The molecule has 4 rings (SSSR count). The van der Waals surface area contributed by atoms with Gasteiger partial charge in [0.2, 0.25) is 0 Å². The van der Waals surface area contributed by atoms with E-state index >= 15 is 0 Å². The van der Waals surface area contributed by atoms with E-state index in [0.717, 1.165) is 38.2 Å². The molecule has 0 fully saturated rings. The van der Waals surface area contributed by atoms with Gasteiger partial charge in [-0.1, -0.05) is 42.8 Å². The summed E-state index contributed by atoms with van der Waals surface area (Å²) in [6.45, 7) is 7.22. The maximum Gasteiger partial charge on any atom is 0.306 e. The van der Waals surface area contributed by atoms with E-state index in [1.807, 2.05) is 25.1 Å². The summed E-state index contributed by atoms with van der Waals surface area (Å²) in [5.41, 5.74) is 4.38. The standard InChI is InChI=1S/C25H27NO4S/c1-15-5-7-18(8-6-15)25-26-17(3)23(31-25)14-29-19-9-10-20-21(12-24(27)28-4)16(2)13-30-22(20)11-19/h5-11,16,21H,12-14H2,1-4H3/t16-,21?/m0/s1. The number of benzene rings is 2. The number of nitrogens with zero attached hydrogens (tertiary/aromatic N) is 1. The average Bonchev–Trinajstić information content (AvgIpc) is 3.15. The molecule has 2 atom stereocenters. The SMILES string of the molecule is COC(=O)CC1c2ccc(OCc3sc(-c4ccc(C)cc4)nc3C)cc2OC[C@@H]1C. The van der Waals surface area contributed by atoms with Crippen molar-refractivity contribution in [1.82, 2.24) is 4.98 Å². The Morgan fingerprint density at radius 3 is 2.71 bits per heavy atom. The minimum absolute atomic E-state index is 0.0889. The van der Waals surface area contributed by atoms with Crippen LogP contribution in [0.3, 0.4) is 0 Å². The quantitative estimate of drug-likeness (QED) is 0.464. The third-order valence-electron chi connectivity index (χ3n) is 5.75. The van der Waals surface area contributed by atoms with Crippen molar-refractivity contribution in [2.75, 3.05) is 13.7 Å². The number of aromatic nitrogens is 1. The first-order chi connectivity index (χ1) is 14.9. The Bertz CT molecular complexity index is 1070. The molecule has 31 heavy (non-hydrogen) atoms. The molecule has 0 radical (unpaired) electrons. The molecule has 0 aliphatic carbocycles. The molecule has 2 heterocycles. The summed E-state index contributed by atoms with van der Waals surface area (Å²) < 4.78 is 16.9. The van der Waals surface area contributed by atoms with Crippen molar-refractivity contribution in [3.63, 3.8) is 0 Å². The van der Waals surface area contributed by atoms with Gasteiger partial charge in [0, 0.05) is 17.5 Å². The Morgan fingerprint density at radius 1 is 1.19 bits per heavy atom.